The topological polar surface area (TPSA) is 0 Å². The van der Waals surface area contributed by atoms with Gasteiger partial charge >= 0.3 is 0 Å². The molecule has 0 amide bonds. The second kappa shape index (κ2) is 3.99. The summed E-state index contributed by atoms with van der Waals surface area (Å²) >= 11 is 9.03. The zero-order valence-corrected chi connectivity index (χ0v) is 7.82. The van der Waals surface area contributed by atoms with Gasteiger partial charge in [0.05, 0.1) is 0 Å². The number of benzene rings is 1. The molecular weight excluding hydrogens is 211 g/mol. The summed E-state index contributed by atoms with van der Waals surface area (Å²) in [6, 6.07) is 8.13. The molecule has 10 heavy (non-hydrogen) atoms. The van der Waals surface area contributed by atoms with Gasteiger partial charge in [0, 0.05) is 10.4 Å². The van der Waals surface area contributed by atoms with Crippen LogP contribution in [0.4, 0.5) is 0 Å². The molecule has 0 spiro atoms. The summed E-state index contributed by atoms with van der Waals surface area (Å²) in [5, 5.41) is 0. The predicted molar refractivity (Wildman–Crippen MR) is 48.6 cm³/mol. The Hall–Kier alpha value is -0.0100. The largest absolute Gasteiger partial charge is 0.126 e. The molecule has 0 aliphatic rings. The number of halogens is 2. The lowest BCUT2D eigenvalue weighted by molar-refractivity contribution is 1.14. The highest BCUT2D eigenvalue weighted by Gasteiger charge is 1.94. The first-order valence-corrected chi connectivity index (χ1v) is 4.46. The molecule has 0 aromatic heterocycles. The van der Waals surface area contributed by atoms with E-state index < -0.39 is 0 Å². The SMILES string of the molecule is ClCCc1ccccc1Br. The van der Waals surface area contributed by atoms with Gasteiger partial charge in [-0.3, -0.25) is 0 Å². The lowest BCUT2D eigenvalue weighted by atomic mass is 10.2. The maximum atomic E-state index is 5.59. The molecule has 0 fully saturated rings. The van der Waals surface area contributed by atoms with Crippen molar-refractivity contribution in [3.8, 4) is 0 Å². The van der Waals surface area contributed by atoms with Crippen LogP contribution in [0.15, 0.2) is 28.7 Å². The van der Waals surface area contributed by atoms with Crippen LogP contribution in [0.25, 0.3) is 0 Å². The normalized spacial score (nSPS) is 9.80. The maximum Gasteiger partial charge on any atom is 0.0264 e. The summed E-state index contributed by atoms with van der Waals surface area (Å²) in [6.45, 7) is 0. The Balaban J connectivity index is 2.81. The van der Waals surface area contributed by atoms with E-state index in [1.54, 1.807) is 0 Å². The van der Waals surface area contributed by atoms with E-state index in [0.29, 0.717) is 5.88 Å². The van der Waals surface area contributed by atoms with Gasteiger partial charge in [0.25, 0.3) is 0 Å². The van der Waals surface area contributed by atoms with Gasteiger partial charge in [-0.05, 0) is 18.1 Å². The average molecular weight is 220 g/mol. The Morgan fingerprint density at radius 1 is 1.30 bits per heavy atom. The van der Waals surface area contributed by atoms with Crippen LogP contribution in [0.1, 0.15) is 5.56 Å². The van der Waals surface area contributed by atoms with Crippen LogP contribution in [-0.4, -0.2) is 5.88 Å². The van der Waals surface area contributed by atoms with Gasteiger partial charge in [0.2, 0.25) is 0 Å². The zero-order chi connectivity index (χ0) is 7.40. The van der Waals surface area contributed by atoms with Crippen molar-refractivity contribution in [2.45, 2.75) is 6.42 Å². The molecule has 0 atom stereocenters. The number of aryl methyl sites for hydroxylation is 1. The van der Waals surface area contributed by atoms with Crippen LogP contribution in [0.5, 0.6) is 0 Å². The monoisotopic (exact) mass is 218 g/mol. The summed E-state index contributed by atoms with van der Waals surface area (Å²) in [4.78, 5) is 0. The van der Waals surface area contributed by atoms with E-state index in [1.165, 1.54) is 5.56 Å². The van der Waals surface area contributed by atoms with Crippen LogP contribution >= 0.6 is 27.5 Å². The van der Waals surface area contributed by atoms with Crippen LogP contribution in [0, 0.1) is 0 Å². The number of hydrogen-bond acceptors (Lipinski definition) is 0. The Kier molecular flexibility index (Phi) is 3.23. The minimum Gasteiger partial charge on any atom is -0.126 e. The first-order valence-electron chi connectivity index (χ1n) is 3.14. The van der Waals surface area contributed by atoms with Crippen molar-refractivity contribution in [3.63, 3.8) is 0 Å². The van der Waals surface area contributed by atoms with E-state index in [9.17, 15) is 0 Å². The maximum absolute atomic E-state index is 5.59. The standard InChI is InChI=1S/C8H8BrCl/c9-8-4-2-1-3-7(8)5-6-10/h1-4H,5-6H2. The summed E-state index contributed by atoms with van der Waals surface area (Å²) < 4.78 is 1.15. The van der Waals surface area contributed by atoms with Gasteiger partial charge in [-0.2, -0.15) is 0 Å². The first kappa shape index (κ1) is 8.09. The van der Waals surface area contributed by atoms with Crippen molar-refractivity contribution < 1.29 is 0 Å². The number of rotatable bonds is 2. The van der Waals surface area contributed by atoms with E-state index in [0.717, 1.165) is 10.9 Å². The molecule has 0 N–H and O–H groups in total. The van der Waals surface area contributed by atoms with Gasteiger partial charge in [-0.1, -0.05) is 34.1 Å². The number of hydrogen-bond donors (Lipinski definition) is 0. The van der Waals surface area contributed by atoms with Gasteiger partial charge in [-0.15, -0.1) is 11.6 Å². The summed E-state index contributed by atoms with van der Waals surface area (Å²) in [5.41, 5.74) is 1.28. The van der Waals surface area contributed by atoms with E-state index in [4.69, 9.17) is 11.6 Å². The average Bonchev–Trinajstić information content (AvgIpc) is 1.94. The molecule has 0 aliphatic carbocycles. The highest BCUT2D eigenvalue weighted by Crippen LogP contribution is 2.16. The lowest BCUT2D eigenvalue weighted by Crippen LogP contribution is -1.85. The van der Waals surface area contributed by atoms with Crippen LogP contribution < -0.4 is 0 Å². The minimum atomic E-state index is 0.683. The zero-order valence-electron chi connectivity index (χ0n) is 5.48. The van der Waals surface area contributed by atoms with Crippen molar-refractivity contribution in [3.05, 3.63) is 34.3 Å². The first-order chi connectivity index (χ1) is 4.84. The third-order valence-corrected chi connectivity index (χ3v) is 2.28. The molecule has 54 valence electrons. The molecule has 0 saturated heterocycles. The lowest BCUT2D eigenvalue weighted by Gasteiger charge is -1.98. The fourth-order valence-electron chi connectivity index (χ4n) is 0.803. The molecule has 0 nitrogen and oxygen atoms in total. The van der Waals surface area contributed by atoms with E-state index in [-0.39, 0.29) is 0 Å². The smallest absolute Gasteiger partial charge is 0.0264 e. The van der Waals surface area contributed by atoms with E-state index in [2.05, 4.69) is 22.0 Å². The fraction of sp³-hybridized carbons (Fsp3) is 0.250. The summed E-state index contributed by atoms with van der Waals surface area (Å²) in [6.07, 6.45) is 0.934. The molecule has 0 aliphatic heterocycles. The van der Waals surface area contributed by atoms with Crippen LogP contribution in [0.3, 0.4) is 0 Å². The van der Waals surface area contributed by atoms with E-state index in [1.807, 2.05) is 18.2 Å². The van der Waals surface area contributed by atoms with Crippen molar-refractivity contribution in [1.29, 1.82) is 0 Å². The third kappa shape index (κ3) is 1.99. The molecule has 1 aromatic rings. The second-order valence-corrected chi connectivity index (χ2v) is 3.26. The summed E-state index contributed by atoms with van der Waals surface area (Å²) in [5.74, 6) is 0.683. The molecule has 0 saturated carbocycles. The van der Waals surface area contributed by atoms with Crippen molar-refractivity contribution in [2.24, 2.45) is 0 Å². The molecule has 0 radical (unpaired) electrons. The van der Waals surface area contributed by atoms with Gasteiger partial charge in [0.15, 0.2) is 0 Å². The highest BCUT2D eigenvalue weighted by atomic mass is 79.9. The van der Waals surface area contributed by atoms with Crippen molar-refractivity contribution in [2.75, 3.05) is 5.88 Å². The van der Waals surface area contributed by atoms with E-state index >= 15 is 0 Å². The highest BCUT2D eigenvalue weighted by molar-refractivity contribution is 9.10. The predicted octanol–water partition coefficient (Wildman–Crippen LogP) is 3.23. The van der Waals surface area contributed by atoms with Crippen LogP contribution in [0.2, 0.25) is 0 Å². The molecule has 0 unspecified atom stereocenters. The van der Waals surface area contributed by atoms with Gasteiger partial charge in [0.1, 0.15) is 0 Å². The second-order valence-electron chi connectivity index (χ2n) is 2.03. The Morgan fingerprint density at radius 3 is 2.60 bits per heavy atom. The minimum absolute atomic E-state index is 0.683. The molecule has 1 aromatic carbocycles. The number of alkyl halides is 1. The molecule has 2 heteroatoms. The summed E-state index contributed by atoms with van der Waals surface area (Å²) in [7, 11) is 0. The van der Waals surface area contributed by atoms with Gasteiger partial charge < -0.3 is 0 Å². The van der Waals surface area contributed by atoms with Crippen molar-refractivity contribution in [1.82, 2.24) is 0 Å². The fourth-order valence-corrected chi connectivity index (χ4v) is 1.49. The quantitative estimate of drug-likeness (QED) is 0.670. The molecule has 0 heterocycles. The van der Waals surface area contributed by atoms with Gasteiger partial charge in [-0.25, -0.2) is 0 Å². The Labute approximate surface area is 74.3 Å². The Morgan fingerprint density at radius 2 is 2.00 bits per heavy atom. The molecular formula is C8H8BrCl. The van der Waals surface area contributed by atoms with Crippen LogP contribution in [-0.2, 0) is 6.42 Å². The molecule has 1 rings (SSSR count). The Bertz CT molecular complexity index is 210. The molecule has 0 bridgehead atoms. The van der Waals surface area contributed by atoms with Crippen molar-refractivity contribution >= 4 is 27.5 Å². The third-order valence-electron chi connectivity index (χ3n) is 1.32.